The zero-order chi connectivity index (χ0) is 20.0. The molecule has 2 saturated heterocycles. The molecule has 0 saturated carbocycles. The normalized spacial score (nSPS) is 18.8. The molecule has 5 rings (SSSR count). The Labute approximate surface area is 169 Å². The van der Waals surface area contributed by atoms with E-state index in [9.17, 15) is 13.2 Å². The minimum atomic E-state index is -2.49. The van der Waals surface area contributed by atoms with Gasteiger partial charge in [-0.25, -0.2) is 32.1 Å². The van der Waals surface area contributed by atoms with Crippen molar-refractivity contribution in [3.05, 3.63) is 42.5 Å². The molecule has 4 heterocycles. The third-order valence-electron chi connectivity index (χ3n) is 5.49. The van der Waals surface area contributed by atoms with Crippen LogP contribution in [0.1, 0.15) is 6.42 Å². The quantitative estimate of drug-likeness (QED) is 0.590. The first-order valence-corrected chi connectivity index (χ1v) is 10.2. The Balaban J connectivity index is 1.26. The maximum atomic E-state index is 13.9. The zero-order valence-electron chi connectivity index (χ0n) is 15.5. The molecule has 0 radical (unpaired) electrons. The second-order valence-corrected chi connectivity index (χ2v) is 8.78. The second kappa shape index (κ2) is 7.17. The molecule has 1 spiro atoms. The van der Waals surface area contributed by atoms with Crippen LogP contribution in [0.5, 0.6) is 0 Å². The van der Waals surface area contributed by atoms with Crippen molar-refractivity contribution in [3.8, 4) is 0 Å². The van der Waals surface area contributed by atoms with Crippen LogP contribution in [0.25, 0.3) is 11.2 Å². The number of hydrogen-bond donors (Lipinski definition) is 0. The SMILES string of the molecule is Fc1ccccc1SN1CC2(CCN(c3cnc4cnn(CC(F)F)c4n3)C2)C1. The number of anilines is 1. The summed E-state index contributed by atoms with van der Waals surface area (Å²) in [4.78, 5) is 11.7. The van der Waals surface area contributed by atoms with E-state index in [4.69, 9.17) is 0 Å². The highest BCUT2D eigenvalue weighted by molar-refractivity contribution is 7.97. The van der Waals surface area contributed by atoms with Gasteiger partial charge in [0.1, 0.15) is 23.7 Å². The lowest BCUT2D eigenvalue weighted by Gasteiger charge is -2.47. The number of fused-ring (bicyclic) bond motifs is 1. The number of benzene rings is 1. The number of alkyl halides is 2. The van der Waals surface area contributed by atoms with Gasteiger partial charge in [-0.05, 0) is 30.5 Å². The lowest BCUT2D eigenvalue weighted by atomic mass is 9.81. The van der Waals surface area contributed by atoms with Crippen LogP contribution >= 0.6 is 11.9 Å². The molecule has 0 unspecified atom stereocenters. The minimum Gasteiger partial charge on any atom is -0.355 e. The predicted octanol–water partition coefficient (Wildman–Crippen LogP) is 3.45. The van der Waals surface area contributed by atoms with Gasteiger partial charge in [0.15, 0.2) is 5.65 Å². The maximum Gasteiger partial charge on any atom is 0.258 e. The molecule has 152 valence electrons. The van der Waals surface area contributed by atoms with Gasteiger partial charge in [-0.3, -0.25) is 0 Å². The molecule has 0 aliphatic carbocycles. The molecule has 2 aliphatic rings. The van der Waals surface area contributed by atoms with Crippen LogP contribution < -0.4 is 4.90 Å². The van der Waals surface area contributed by atoms with Gasteiger partial charge >= 0.3 is 0 Å². The van der Waals surface area contributed by atoms with E-state index < -0.39 is 13.0 Å². The van der Waals surface area contributed by atoms with E-state index in [1.165, 1.54) is 28.9 Å². The summed E-state index contributed by atoms with van der Waals surface area (Å²) < 4.78 is 42.7. The molecule has 0 N–H and O–H groups in total. The summed E-state index contributed by atoms with van der Waals surface area (Å²) in [5.41, 5.74) is 1.05. The molecule has 0 amide bonds. The van der Waals surface area contributed by atoms with Crippen molar-refractivity contribution in [3.63, 3.8) is 0 Å². The average Bonchev–Trinajstić information content (AvgIpc) is 3.28. The number of halogens is 3. The standard InChI is InChI=1S/C19H19F3N6S/c20-13-3-1-2-4-15(13)29-27-11-19(12-27)5-6-26(10-19)17-8-23-14-7-24-28(9-16(21)22)18(14)25-17/h1-4,7-8,16H,5-6,9-12H2. The molecule has 29 heavy (non-hydrogen) atoms. The lowest BCUT2D eigenvalue weighted by molar-refractivity contribution is 0.105. The summed E-state index contributed by atoms with van der Waals surface area (Å²) in [7, 11) is 0. The van der Waals surface area contributed by atoms with Crippen molar-refractivity contribution in [1.29, 1.82) is 0 Å². The summed E-state index contributed by atoms with van der Waals surface area (Å²) in [6, 6.07) is 6.80. The largest absolute Gasteiger partial charge is 0.355 e. The van der Waals surface area contributed by atoms with Gasteiger partial charge in [0, 0.05) is 31.6 Å². The van der Waals surface area contributed by atoms with Crippen molar-refractivity contribution in [1.82, 2.24) is 24.1 Å². The molecule has 2 fully saturated rings. The number of hydrogen-bond acceptors (Lipinski definition) is 6. The van der Waals surface area contributed by atoms with Crippen molar-refractivity contribution < 1.29 is 13.2 Å². The zero-order valence-corrected chi connectivity index (χ0v) is 16.3. The van der Waals surface area contributed by atoms with Crippen molar-refractivity contribution >= 4 is 28.9 Å². The summed E-state index contributed by atoms with van der Waals surface area (Å²) in [6.07, 6.45) is 1.66. The molecule has 0 atom stereocenters. The molecule has 1 aromatic carbocycles. The van der Waals surface area contributed by atoms with Crippen LogP contribution in [0.4, 0.5) is 19.0 Å². The van der Waals surface area contributed by atoms with Gasteiger partial charge in [0.05, 0.1) is 17.3 Å². The van der Waals surface area contributed by atoms with E-state index in [1.807, 2.05) is 6.07 Å². The van der Waals surface area contributed by atoms with E-state index in [0.717, 1.165) is 32.6 Å². The lowest BCUT2D eigenvalue weighted by Crippen LogP contribution is -2.54. The van der Waals surface area contributed by atoms with Crippen molar-refractivity contribution in [2.24, 2.45) is 5.41 Å². The van der Waals surface area contributed by atoms with E-state index in [0.29, 0.717) is 21.9 Å². The molecule has 0 bridgehead atoms. The van der Waals surface area contributed by atoms with Gasteiger partial charge in [0.2, 0.25) is 0 Å². The Bertz CT molecular complexity index is 1040. The van der Waals surface area contributed by atoms with Crippen LogP contribution in [-0.4, -0.2) is 56.7 Å². The first-order chi connectivity index (χ1) is 14.0. The first-order valence-electron chi connectivity index (χ1n) is 9.40. The summed E-state index contributed by atoms with van der Waals surface area (Å²) >= 11 is 1.45. The Hall–Kier alpha value is -2.33. The highest BCUT2D eigenvalue weighted by atomic mass is 32.2. The average molecular weight is 420 g/mol. The van der Waals surface area contributed by atoms with Crippen LogP contribution in [0.2, 0.25) is 0 Å². The number of aromatic nitrogens is 4. The topological polar surface area (TPSA) is 50.1 Å². The monoisotopic (exact) mass is 420 g/mol. The third kappa shape index (κ3) is 3.55. The Morgan fingerprint density at radius 2 is 1.97 bits per heavy atom. The van der Waals surface area contributed by atoms with Crippen LogP contribution in [0, 0.1) is 11.2 Å². The maximum absolute atomic E-state index is 13.9. The Morgan fingerprint density at radius 1 is 1.14 bits per heavy atom. The van der Waals surface area contributed by atoms with E-state index in [1.54, 1.807) is 18.3 Å². The fourth-order valence-electron chi connectivity index (χ4n) is 4.07. The highest BCUT2D eigenvalue weighted by Crippen LogP contribution is 2.45. The molecule has 3 aromatic rings. The molecule has 2 aromatic heterocycles. The van der Waals surface area contributed by atoms with Crippen molar-refractivity contribution in [2.75, 3.05) is 31.1 Å². The smallest absolute Gasteiger partial charge is 0.258 e. The number of nitrogens with zero attached hydrogens (tertiary/aromatic N) is 6. The molecule has 6 nitrogen and oxygen atoms in total. The first kappa shape index (κ1) is 18.7. The third-order valence-corrected chi connectivity index (χ3v) is 6.54. The van der Waals surface area contributed by atoms with Crippen LogP contribution in [-0.2, 0) is 6.54 Å². The molecular formula is C19H19F3N6S. The van der Waals surface area contributed by atoms with Gasteiger partial charge in [-0.2, -0.15) is 5.10 Å². The van der Waals surface area contributed by atoms with E-state index in [-0.39, 0.29) is 11.2 Å². The van der Waals surface area contributed by atoms with E-state index >= 15 is 0 Å². The Morgan fingerprint density at radius 3 is 2.76 bits per heavy atom. The molecule has 10 heteroatoms. The van der Waals surface area contributed by atoms with Gasteiger partial charge < -0.3 is 4.90 Å². The fraction of sp³-hybridized carbons (Fsp3) is 0.421. The van der Waals surface area contributed by atoms with Gasteiger partial charge in [-0.15, -0.1) is 0 Å². The summed E-state index contributed by atoms with van der Waals surface area (Å²) in [6.45, 7) is 2.92. The highest BCUT2D eigenvalue weighted by Gasteiger charge is 2.48. The van der Waals surface area contributed by atoms with Crippen LogP contribution in [0.15, 0.2) is 41.6 Å². The van der Waals surface area contributed by atoms with E-state index in [2.05, 4.69) is 24.3 Å². The predicted molar refractivity (Wildman–Crippen MR) is 104 cm³/mol. The Kier molecular flexibility index (Phi) is 4.62. The summed E-state index contributed by atoms with van der Waals surface area (Å²) in [5.74, 6) is 0.487. The molecular weight excluding hydrogens is 401 g/mol. The van der Waals surface area contributed by atoms with Crippen molar-refractivity contribution in [2.45, 2.75) is 24.3 Å². The molecule has 2 aliphatic heterocycles. The minimum absolute atomic E-state index is 0.151. The van der Waals surface area contributed by atoms with Crippen LogP contribution in [0.3, 0.4) is 0 Å². The summed E-state index contributed by atoms with van der Waals surface area (Å²) in [5, 5.41) is 3.97. The van der Waals surface area contributed by atoms with Gasteiger partial charge in [0.25, 0.3) is 6.43 Å². The second-order valence-electron chi connectivity index (χ2n) is 7.65. The number of rotatable bonds is 5. The fourth-order valence-corrected chi connectivity index (χ4v) is 5.32. The van der Waals surface area contributed by atoms with Gasteiger partial charge in [-0.1, -0.05) is 12.1 Å².